The lowest BCUT2D eigenvalue weighted by atomic mass is 10.1. The van der Waals surface area contributed by atoms with Crippen LogP contribution in [0.1, 0.15) is 40.2 Å². The number of ether oxygens (including phenoxy) is 2. The lowest BCUT2D eigenvalue weighted by Gasteiger charge is -2.22. The Morgan fingerprint density at radius 2 is 2.00 bits per heavy atom. The van der Waals surface area contributed by atoms with Gasteiger partial charge in [-0.25, -0.2) is 0 Å². The second-order valence-corrected chi connectivity index (χ2v) is 6.97. The first kappa shape index (κ1) is 19.2. The van der Waals surface area contributed by atoms with Gasteiger partial charge in [-0.05, 0) is 36.6 Å². The molecule has 4 rings (SSSR count). The molecule has 6 nitrogen and oxygen atoms in total. The molecule has 0 fully saturated rings. The van der Waals surface area contributed by atoms with Crippen LogP contribution in [-0.4, -0.2) is 35.4 Å². The number of rotatable bonds is 7. The predicted octanol–water partition coefficient (Wildman–Crippen LogP) is 3.37. The quantitative estimate of drug-likeness (QED) is 0.671. The highest BCUT2D eigenvalue weighted by atomic mass is 16.5. The molecule has 0 saturated carbocycles. The predicted molar refractivity (Wildman–Crippen MR) is 110 cm³/mol. The van der Waals surface area contributed by atoms with Crippen LogP contribution in [0.25, 0.3) is 0 Å². The molecule has 1 amide bonds. The van der Waals surface area contributed by atoms with Crippen molar-refractivity contribution in [1.29, 1.82) is 0 Å². The number of benzene rings is 2. The van der Waals surface area contributed by atoms with Crippen molar-refractivity contribution in [2.24, 2.45) is 0 Å². The fraction of sp³-hybridized carbons (Fsp3) is 0.304. The lowest BCUT2D eigenvalue weighted by Crippen LogP contribution is -2.32. The van der Waals surface area contributed by atoms with E-state index in [4.69, 9.17) is 14.6 Å². The van der Waals surface area contributed by atoms with Crippen molar-refractivity contribution >= 4 is 5.91 Å². The van der Waals surface area contributed by atoms with E-state index in [0.717, 1.165) is 12.1 Å². The molecule has 0 aliphatic carbocycles. The van der Waals surface area contributed by atoms with Crippen molar-refractivity contribution < 1.29 is 14.3 Å². The van der Waals surface area contributed by atoms with Crippen molar-refractivity contribution in [3.05, 3.63) is 83.2 Å². The minimum Gasteiger partial charge on any atom is -0.493 e. The van der Waals surface area contributed by atoms with E-state index in [0.29, 0.717) is 37.6 Å². The summed E-state index contributed by atoms with van der Waals surface area (Å²) in [6.45, 7) is 4.12. The first-order valence-electron chi connectivity index (χ1n) is 9.96. The molecule has 150 valence electrons. The van der Waals surface area contributed by atoms with E-state index in [1.54, 1.807) is 12.1 Å². The van der Waals surface area contributed by atoms with Crippen molar-refractivity contribution in [1.82, 2.24) is 15.1 Å². The number of nitrogens with one attached hydrogen (secondary N) is 1. The molecule has 6 heteroatoms. The number of hydrogen-bond acceptors (Lipinski definition) is 4. The van der Waals surface area contributed by atoms with E-state index in [1.807, 2.05) is 41.9 Å². The summed E-state index contributed by atoms with van der Waals surface area (Å²) in [5.41, 5.74) is 3.82. The molecule has 0 saturated heterocycles. The van der Waals surface area contributed by atoms with Gasteiger partial charge >= 0.3 is 0 Å². The van der Waals surface area contributed by atoms with E-state index in [-0.39, 0.29) is 12.0 Å². The molecule has 2 aromatic carbocycles. The lowest BCUT2D eigenvalue weighted by molar-refractivity contribution is 0.0383. The molecule has 0 bridgehead atoms. The smallest absolute Gasteiger partial charge is 0.255 e. The molecule has 1 aliphatic heterocycles. The molecule has 1 atom stereocenters. The van der Waals surface area contributed by atoms with Crippen LogP contribution < -0.4 is 10.1 Å². The zero-order valence-corrected chi connectivity index (χ0v) is 16.5. The number of fused-ring (bicyclic) bond motifs is 1. The number of amides is 1. The molecule has 1 aromatic heterocycles. The zero-order chi connectivity index (χ0) is 20.1. The van der Waals surface area contributed by atoms with Gasteiger partial charge in [0.2, 0.25) is 0 Å². The van der Waals surface area contributed by atoms with Gasteiger partial charge < -0.3 is 14.8 Å². The first-order chi connectivity index (χ1) is 14.2. The summed E-state index contributed by atoms with van der Waals surface area (Å²) < 4.78 is 13.4. The van der Waals surface area contributed by atoms with Crippen LogP contribution in [0.4, 0.5) is 0 Å². The third-order valence-electron chi connectivity index (χ3n) is 4.93. The molecule has 1 aliphatic rings. The monoisotopic (exact) mass is 391 g/mol. The van der Waals surface area contributed by atoms with Crippen LogP contribution in [0.15, 0.2) is 60.8 Å². The van der Waals surface area contributed by atoms with Gasteiger partial charge in [-0.1, -0.05) is 42.5 Å². The Morgan fingerprint density at radius 1 is 1.21 bits per heavy atom. The van der Waals surface area contributed by atoms with E-state index < -0.39 is 0 Å². The molecule has 0 radical (unpaired) electrons. The van der Waals surface area contributed by atoms with Gasteiger partial charge in [0.25, 0.3) is 5.91 Å². The molecule has 1 N–H and O–H groups in total. The number of carbonyl (C=O) groups is 1. The average Bonchev–Trinajstić information content (AvgIpc) is 3.16. The van der Waals surface area contributed by atoms with Crippen LogP contribution in [0.5, 0.6) is 5.75 Å². The van der Waals surface area contributed by atoms with E-state index in [2.05, 4.69) is 23.6 Å². The highest BCUT2D eigenvalue weighted by molar-refractivity contribution is 5.96. The Labute approximate surface area is 170 Å². The van der Waals surface area contributed by atoms with Gasteiger partial charge in [-0.15, -0.1) is 0 Å². The standard InChI is InChI=1S/C23H25N3O3/c1-2-28-20-11-7-6-10-19(20)23(27)24-14-21-22-18(12-13-29-21)16-26(25-22)15-17-8-4-3-5-9-17/h3-11,16,21H,2,12-15H2,1H3,(H,24,27)/t21-/m0/s1. The maximum Gasteiger partial charge on any atom is 0.255 e. The molecule has 2 heterocycles. The molecule has 0 spiro atoms. The molecule has 3 aromatic rings. The Bertz CT molecular complexity index is 969. The second kappa shape index (κ2) is 8.92. The topological polar surface area (TPSA) is 65.4 Å². The summed E-state index contributed by atoms with van der Waals surface area (Å²) in [5.74, 6) is 0.415. The van der Waals surface area contributed by atoms with Crippen LogP contribution >= 0.6 is 0 Å². The maximum absolute atomic E-state index is 12.7. The summed E-state index contributed by atoms with van der Waals surface area (Å²) in [6.07, 6.45) is 2.67. The van der Waals surface area contributed by atoms with Crippen molar-refractivity contribution in [2.75, 3.05) is 19.8 Å². The van der Waals surface area contributed by atoms with E-state index in [9.17, 15) is 4.79 Å². The largest absolute Gasteiger partial charge is 0.493 e. The van der Waals surface area contributed by atoms with Crippen LogP contribution in [0.2, 0.25) is 0 Å². The summed E-state index contributed by atoms with van der Waals surface area (Å²) >= 11 is 0. The minimum atomic E-state index is -0.251. The Morgan fingerprint density at radius 3 is 2.83 bits per heavy atom. The number of aromatic nitrogens is 2. The second-order valence-electron chi connectivity index (χ2n) is 6.97. The maximum atomic E-state index is 12.7. The van der Waals surface area contributed by atoms with E-state index in [1.165, 1.54) is 11.1 Å². The average molecular weight is 391 g/mol. The van der Waals surface area contributed by atoms with Crippen molar-refractivity contribution in [3.8, 4) is 5.75 Å². The summed E-state index contributed by atoms with van der Waals surface area (Å²) in [6, 6.07) is 17.5. The number of nitrogens with zero attached hydrogens (tertiary/aromatic N) is 2. The van der Waals surface area contributed by atoms with Gasteiger partial charge in [0.05, 0.1) is 31.0 Å². The molecular weight excluding hydrogens is 366 g/mol. The van der Waals surface area contributed by atoms with Gasteiger partial charge in [-0.2, -0.15) is 5.10 Å². The highest BCUT2D eigenvalue weighted by Gasteiger charge is 2.25. The first-order valence-corrected chi connectivity index (χ1v) is 9.96. The third kappa shape index (κ3) is 4.49. The van der Waals surface area contributed by atoms with E-state index >= 15 is 0 Å². The van der Waals surface area contributed by atoms with Crippen molar-refractivity contribution in [3.63, 3.8) is 0 Å². The fourth-order valence-corrected chi connectivity index (χ4v) is 3.55. The minimum absolute atomic E-state index is 0.173. The van der Waals surface area contributed by atoms with Crippen LogP contribution in [0.3, 0.4) is 0 Å². The normalized spacial score (nSPS) is 15.6. The Balaban J connectivity index is 1.44. The summed E-state index contributed by atoms with van der Waals surface area (Å²) in [7, 11) is 0. The van der Waals surface area contributed by atoms with Gasteiger partial charge in [0, 0.05) is 12.7 Å². The molecular formula is C23H25N3O3. The third-order valence-corrected chi connectivity index (χ3v) is 4.93. The Hall–Kier alpha value is -3.12. The van der Waals surface area contributed by atoms with Crippen LogP contribution in [-0.2, 0) is 17.7 Å². The summed E-state index contributed by atoms with van der Waals surface area (Å²) in [5, 5.41) is 7.71. The van der Waals surface area contributed by atoms with Gasteiger partial charge in [0.15, 0.2) is 0 Å². The highest BCUT2D eigenvalue weighted by Crippen LogP contribution is 2.26. The summed E-state index contributed by atoms with van der Waals surface area (Å²) in [4.78, 5) is 12.7. The number of para-hydroxylation sites is 1. The number of hydrogen-bond donors (Lipinski definition) is 1. The fourth-order valence-electron chi connectivity index (χ4n) is 3.55. The van der Waals surface area contributed by atoms with Crippen LogP contribution in [0, 0.1) is 0 Å². The van der Waals surface area contributed by atoms with Gasteiger partial charge in [0.1, 0.15) is 11.9 Å². The zero-order valence-electron chi connectivity index (χ0n) is 16.5. The van der Waals surface area contributed by atoms with Crippen molar-refractivity contribution in [2.45, 2.75) is 26.0 Å². The molecule has 0 unspecified atom stereocenters. The number of carbonyl (C=O) groups excluding carboxylic acids is 1. The van der Waals surface area contributed by atoms with Gasteiger partial charge in [-0.3, -0.25) is 9.48 Å². The SMILES string of the molecule is CCOc1ccccc1C(=O)NC[C@@H]1OCCc2cn(Cc3ccccc3)nc21. The molecule has 29 heavy (non-hydrogen) atoms. The Kier molecular flexibility index (Phi) is 5.91.